The van der Waals surface area contributed by atoms with Crippen molar-refractivity contribution in [1.29, 1.82) is 0 Å². The second kappa shape index (κ2) is 7.76. The van der Waals surface area contributed by atoms with Crippen LogP contribution in [0.2, 0.25) is 0 Å². The van der Waals surface area contributed by atoms with E-state index in [0.29, 0.717) is 0 Å². The molecule has 168 valence electrons. The molecule has 36 heavy (non-hydrogen) atoms. The van der Waals surface area contributed by atoms with Gasteiger partial charge in [0.15, 0.2) is 0 Å². The maximum absolute atomic E-state index is 2.37. The van der Waals surface area contributed by atoms with Crippen LogP contribution < -0.4 is 0 Å². The zero-order chi connectivity index (χ0) is 23.6. The lowest BCUT2D eigenvalue weighted by atomic mass is 9.94. The number of hydrogen-bond donors (Lipinski definition) is 0. The Hall–Kier alpha value is -3.98. The third-order valence-corrected chi connectivity index (χ3v) is 9.60. The first-order valence-corrected chi connectivity index (χ1v) is 13.8. The van der Waals surface area contributed by atoms with E-state index in [1.165, 1.54) is 73.4 Å². The van der Waals surface area contributed by atoms with E-state index in [1.54, 1.807) is 0 Å². The Morgan fingerprint density at radius 2 is 0.639 bits per heavy atom. The van der Waals surface area contributed by atoms with E-state index in [0.717, 1.165) is 0 Å². The molecule has 0 aliphatic rings. The number of hydrogen-bond acceptors (Lipinski definition) is 2. The molecule has 0 nitrogen and oxygen atoms in total. The molecule has 0 atom stereocenters. The van der Waals surface area contributed by atoms with E-state index in [4.69, 9.17) is 0 Å². The van der Waals surface area contributed by atoms with Crippen LogP contribution in [0.3, 0.4) is 0 Å². The number of fused-ring (bicyclic) bond motifs is 9. The maximum atomic E-state index is 2.37. The molecule has 0 saturated carbocycles. The molecule has 6 aromatic carbocycles. The minimum absolute atomic E-state index is 1.29. The summed E-state index contributed by atoms with van der Waals surface area (Å²) in [6, 6.07) is 44.7. The average molecular weight is 493 g/mol. The predicted octanol–water partition coefficient (Wildman–Crippen LogP) is 10.9. The molecule has 0 fully saturated rings. The fourth-order valence-electron chi connectivity index (χ4n) is 5.57. The highest BCUT2D eigenvalue weighted by Gasteiger charge is 2.13. The van der Waals surface area contributed by atoms with Crippen LogP contribution in [0.4, 0.5) is 0 Å². The van der Waals surface area contributed by atoms with Gasteiger partial charge in [-0.1, -0.05) is 97.1 Å². The third-order valence-electron chi connectivity index (χ3n) is 7.31. The molecular weight excluding hydrogens is 473 g/mol. The Morgan fingerprint density at radius 1 is 0.306 bits per heavy atom. The Kier molecular flexibility index (Phi) is 4.36. The zero-order valence-electron chi connectivity index (χ0n) is 19.4. The molecule has 0 bridgehead atoms. The first-order chi connectivity index (χ1) is 17.8. The van der Waals surface area contributed by atoms with Crippen LogP contribution >= 0.6 is 22.7 Å². The molecular formula is C34H20S2. The Morgan fingerprint density at radius 3 is 1.03 bits per heavy atom. The predicted molar refractivity (Wildman–Crippen MR) is 161 cm³/mol. The summed E-state index contributed by atoms with van der Waals surface area (Å²) in [6.07, 6.45) is 0. The highest BCUT2D eigenvalue weighted by atomic mass is 32.1. The molecule has 2 heteroatoms. The summed E-state index contributed by atoms with van der Waals surface area (Å²) in [4.78, 5) is 2.65. The van der Waals surface area contributed by atoms with Gasteiger partial charge in [-0.3, -0.25) is 0 Å². The van der Waals surface area contributed by atoms with E-state index in [2.05, 4.69) is 121 Å². The second-order valence-corrected chi connectivity index (χ2v) is 11.5. The lowest BCUT2D eigenvalue weighted by molar-refractivity contribution is 1.70. The van der Waals surface area contributed by atoms with E-state index in [9.17, 15) is 0 Å². The fraction of sp³-hybridized carbons (Fsp3) is 0. The molecule has 0 aliphatic carbocycles. The van der Waals surface area contributed by atoms with Crippen LogP contribution in [0, 0.1) is 0 Å². The number of thiophene rings is 2. The first-order valence-electron chi connectivity index (χ1n) is 12.2. The van der Waals surface area contributed by atoms with Crippen molar-refractivity contribution >= 4 is 75.2 Å². The molecule has 2 heterocycles. The van der Waals surface area contributed by atoms with Gasteiger partial charge in [-0.05, 0) is 67.7 Å². The Labute approximate surface area is 216 Å². The van der Waals surface area contributed by atoms with Gasteiger partial charge in [-0.25, -0.2) is 0 Å². The summed E-state index contributed by atoms with van der Waals surface area (Å²) >= 11 is 3.75. The standard InChI is InChI=1S/C34H20S2/c1-3-7-21(8-4-1)33-19-29-27-13-11-24-23(25(27)15-17-31(29)35-33)12-14-28-26(24)16-18-32-30(28)20-34(36-32)22-9-5-2-6-10-22/h1-20H. The van der Waals surface area contributed by atoms with Crippen LogP contribution in [-0.2, 0) is 0 Å². The molecule has 0 spiro atoms. The molecule has 8 rings (SSSR count). The molecule has 8 aromatic rings. The first kappa shape index (κ1) is 20.2. The van der Waals surface area contributed by atoms with Gasteiger partial charge in [0.2, 0.25) is 0 Å². The molecule has 2 aromatic heterocycles. The van der Waals surface area contributed by atoms with Gasteiger partial charge in [0.05, 0.1) is 0 Å². The van der Waals surface area contributed by atoms with Crippen LogP contribution in [0.15, 0.2) is 121 Å². The molecule has 0 radical (unpaired) electrons. The molecule has 0 amide bonds. The second-order valence-electron chi connectivity index (χ2n) is 9.32. The monoisotopic (exact) mass is 492 g/mol. The van der Waals surface area contributed by atoms with Crippen molar-refractivity contribution in [2.45, 2.75) is 0 Å². The van der Waals surface area contributed by atoms with Crippen molar-refractivity contribution in [3.8, 4) is 20.9 Å². The van der Waals surface area contributed by atoms with Crippen molar-refractivity contribution < 1.29 is 0 Å². The molecule has 0 unspecified atom stereocenters. The van der Waals surface area contributed by atoms with Gasteiger partial charge in [0.25, 0.3) is 0 Å². The summed E-state index contributed by atoms with van der Waals surface area (Å²) in [5, 5.41) is 10.7. The lowest BCUT2D eigenvalue weighted by Crippen LogP contribution is -1.81. The van der Waals surface area contributed by atoms with E-state index in [1.807, 2.05) is 22.7 Å². The summed E-state index contributed by atoms with van der Waals surface area (Å²) in [6.45, 7) is 0. The Bertz CT molecular complexity index is 1920. The minimum Gasteiger partial charge on any atom is -0.135 e. The van der Waals surface area contributed by atoms with Gasteiger partial charge >= 0.3 is 0 Å². The normalized spacial score (nSPS) is 11.9. The van der Waals surface area contributed by atoms with Gasteiger partial charge in [0.1, 0.15) is 0 Å². The quantitative estimate of drug-likeness (QED) is 0.211. The lowest BCUT2D eigenvalue weighted by Gasteiger charge is -2.09. The largest absolute Gasteiger partial charge is 0.135 e. The van der Waals surface area contributed by atoms with Crippen molar-refractivity contribution in [2.75, 3.05) is 0 Å². The molecule has 0 aliphatic heterocycles. The smallest absolute Gasteiger partial charge is 0.0355 e. The Balaban J connectivity index is 1.36. The van der Waals surface area contributed by atoms with E-state index >= 15 is 0 Å². The zero-order valence-corrected chi connectivity index (χ0v) is 21.0. The van der Waals surface area contributed by atoms with Crippen molar-refractivity contribution in [3.63, 3.8) is 0 Å². The summed E-state index contributed by atoms with van der Waals surface area (Å²) in [5.41, 5.74) is 2.57. The fourth-order valence-corrected chi connectivity index (χ4v) is 7.73. The van der Waals surface area contributed by atoms with Crippen LogP contribution in [0.25, 0.3) is 73.4 Å². The highest BCUT2D eigenvalue weighted by molar-refractivity contribution is 7.22. The average Bonchev–Trinajstić information content (AvgIpc) is 3.58. The van der Waals surface area contributed by atoms with Crippen LogP contribution in [0.5, 0.6) is 0 Å². The molecule has 0 saturated heterocycles. The van der Waals surface area contributed by atoms with Gasteiger partial charge in [-0.15, -0.1) is 22.7 Å². The summed E-state index contributed by atoms with van der Waals surface area (Å²) < 4.78 is 2.69. The van der Waals surface area contributed by atoms with E-state index < -0.39 is 0 Å². The summed E-state index contributed by atoms with van der Waals surface area (Å²) in [7, 11) is 0. The minimum atomic E-state index is 1.29. The number of rotatable bonds is 2. The topological polar surface area (TPSA) is 0 Å². The van der Waals surface area contributed by atoms with Gasteiger partial charge in [0, 0.05) is 29.9 Å². The molecule has 0 N–H and O–H groups in total. The number of benzene rings is 6. The third kappa shape index (κ3) is 2.99. The SMILES string of the molecule is c1ccc(-c2cc3c(ccc4c3ccc3c5ccc6sc(-c7ccccc7)cc6c5ccc43)s2)cc1. The van der Waals surface area contributed by atoms with Crippen molar-refractivity contribution in [1.82, 2.24) is 0 Å². The highest BCUT2D eigenvalue weighted by Crippen LogP contribution is 2.42. The van der Waals surface area contributed by atoms with Gasteiger partial charge < -0.3 is 0 Å². The maximum Gasteiger partial charge on any atom is 0.0355 e. The van der Waals surface area contributed by atoms with E-state index in [-0.39, 0.29) is 0 Å². The van der Waals surface area contributed by atoms with Crippen LogP contribution in [-0.4, -0.2) is 0 Å². The van der Waals surface area contributed by atoms with Gasteiger partial charge in [-0.2, -0.15) is 0 Å². The summed E-state index contributed by atoms with van der Waals surface area (Å²) in [5.74, 6) is 0. The van der Waals surface area contributed by atoms with Crippen molar-refractivity contribution in [2.24, 2.45) is 0 Å². The van der Waals surface area contributed by atoms with Crippen molar-refractivity contribution in [3.05, 3.63) is 121 Å². The van der Waals surface area contributed by atoms with Crippen LogP contribution in [0.1, 0.15) is 0 Å².